The molecule has 0 aliphatic carbocycles. The highest BCUT2D eigenvalue weighted by molar-refractivity contribution is 7.89. The first-order chi connectivity index (χ1) is 10.3. The first-order valence-corrected chi connectivity index (χ1v) is 8.08. The fourth-order valence-electron chi connectivity index (χ4n) is 2.19. The molecule has 0 aliphatic rings. The van der Waals surface area contributed by atoms with E-state index >= 15 is 0 Å². The van der Waals surface area contributed by atoms with Gasteiger partial charge in [0, 0.05) is 6.54 Å². The van der Waals surface area contributed by atoms with Crippen molar-refractivity contribution in [3.05, 3.63) is 41.0 Å². The predicted octanol–water partition coefficient (Wildman–Crippen LogP) is 1.96. The second-order valence-corrected chi connectivity index (χ2v) is 6.46. The third-order valence-electron chi connectivity index (χ3n) is 3.17. The Kier molecular flexibility index (Phi) is 4.82. The molecule has 120 valence electrons. The molecule has 1 N–H and O–H groups in total. The van der Waals surface area contributed by atoms with E-state index in [2.05, 4.69) is 9.88 Å². The molecule has 1 aromatic heterocycles. The van der Waals surface area contributed by atoms with Crippen molar-refractivity contribution < 1.29 is 22.1 Å². The van der Waals surface area contributed by atoms with Gasteiger partial charge in [0.05, 0.1) is 7.11 Å². The van der Waals surface area contributed by atoms with Crippen LogP contribution >= 0.6 is 0 Å². The van der Waals surface area contributed by atoms with Gasteiger partial charge in [0.25, 0.3) is 0 Å². The quantitative estimate of drug-likeness (QED) is 0.876. The third-order valence-corrected chi connectivity index (χ3v) is 4.87. The molecule has 0 bridgehead atoms. The van der Waals surface area contributed by atoms with Crippen molar-refractivity contribution in [3.63, 3.8) is 0 Å². The van der Waals surface area contributed by atoms with Crippen molar-refractivity contribution in [2.24, 2.45) is 0 Å². The molecular weight excluding hydrogens is 311 g/mol. The first-order valence-electron chi connectivity index (χ1n) is 6.60. The number of sulfonamides is 1. The molecule has 0 amide bonds. The van der Waals surface area contributed by atoms with Gasteiger partial charge in [-0.25, -0.2) is 17.5 Å². The van der Waals surface area contributed by atoms with E-state index in [0.717, 1.165) is 0 Å². The van der Waals surface area contributed by atoms with Gasteiger partial charge in [0.15, 0.2) is 5.76 Å². The van der Waals surface area contributed by atoms with Crippen molar-refractivity contribution >= 4 is 10.0 Å². The minimum absolute atomic E-state index is 0.0405. The number of nitrogens with zero attached hydrogens (tertiary/aromatic N) is 1. The monoisotopic (exact) mass is 328 g/mol. The smallest absolute Gasteiger partial charge is 0.245 e. The van der Waals surface area contributed by atoms with E-state index < -0.39 is 15.8 Å². The van der Waals surface area contributed by atoms with E-state index in [-0.39, 0.29) is 17.2 Å². The van der Waals surface area contributed by atoms with E-state index in [0.29, 0.717) is 23.4 Å². The van der Waals surface area contributed by atoms with E-state index in [1.54, 1.807) is 6.92 Å². The fraction of sp³-hybridized carbons (Fsp3) is 0.357. The minimum Gasteiger partial charge on any atom is -0.496 e. The zero-order chi connectivity index (χ0) is 16.3. The average Bonchev–Trinajstić information content (AvgIpc) is 2.79. The molecule has 0 saturated heterocycles. The molecular formula is C14H17FN2O4S. The summed E-state index contributed by atoms with van der Waals surface area (Å²) in [6.45, 7) is 3.19. The van der Waals surface area contributed by atoms with Gasteiger partial charge in [-0.3, -0.25) is 0 Å². The number of aromatic nitrogens is 1. The number of ether oxygens (including phenoxy) is 1. The van der Waals surface area contributed by atoms with Crippen LogP contribution in [0.5, 0.6) is 5.75 Å². The normalized spacial score (nSPS) is 11.6. The Labute approximate surface area is 128 Å². The van der Waals surface area contributed by atoms with Crippen LogP contribution in [-0.2, 0) is 16.4 Å². The maximum absolute atomic E-state index is 13.3. The molecule has 0 unspecified atom stereocenters. The Morgan fingerprint density at radius 1 is 1.36 bits per heavy atom. The third kappa shape index (κ3) is 3.45. The predicted molar refractivity (Wildman–Crippen MR) is 77.8 cm³/mol. The van der Waals surface area contributed by atoms with Crippen LogP contribution in [0.25, 0.3) is 0 Å². The molecule has 2 aromatic rings. The molecule has 0 aliphatic heterocycles. The van der Waals surface area contributed by atoms with Crippen LogP contribution in [0.15, 0.2) is 27.6 Å². The summed E-state index contributed by atoms with van der Waals surface area (Å²) in [4.78, 5) is 0.0405. The summed E-state index contributed by atoms with van der Waals surface area (Å²) < 4.78 is 50.2. The lowest BCUT2D eigenvalue weighted by molar-refractivity contribution is 0.390. The largest absolute Gasteiger partial charge is 0.496 e. The van der Waals surface area contributed by atoms with Gasteiger partial charge in [0.2, 0.25) is 10.0 Å². The molecule has 0 fully saturated rings. The lowest BCUT2D eigenvalue weighted by Gasteiger charge is -2.10. The maximum Gasteiger partial charge on any atom is 0.245 e. The second-order valence-electron chi connectivity index (χ2n) is 4.76. The number of hydrogen-bond acceptors (Lipinski definition) is 5. The Balaban J connectivity index is 2.10. The van der Waals surface area contributed by atoms with Gasteiger partial charge in [-0.1, -0.05) is 5.16 Å². The molecule has 22 heavy (non-hydrogen) atoms. The molecule has 0 atom stereocenters. The maximum atomic E-state index is 13.3. The van der Waals surface area contributed by atoms with Crippen molar-refractivity contribution in [3.8, 4) is 5.75 Å². The summed E-state index contributed by atoms with van der Waals surface area (Å²) in [5.41, 5.74) is 0.886. The Hall–Kier alpha value is -1.93. The number of nitrogens with one attached hydrogen (secondary N) is 1. The highest BCUT2D eigenvalue weighted by Gasteiger charge is 2.23. The van der Waals surface area contributed by atoms with Crippen LogP contribution in [0.1, 0.15) is 17.0 Å². The summed E-state index contributed by atoms with van der Waals surface area (Å²) in [5, 5.41) is 3.62. The molecule has 2 rings (SSSR count). The zero-order valence-electron chi connectivity index (χ0n) is 12.5. The number of benzene rings is 1. The number of aryl methyl sites for hydroxylation is 2. The zero-order valence-corrected chi connectivity index (χ0v) is 13.3. The van der Waals surface area contributed by atoms with Gasteiger partial charge >= 0.3 is 0 Å². The van der Waals surface area contributed by atoms with E-state index in [1.807, 2.05) is 0 Å². The van der Waals surface area contributed by atoms with E-state index in [9.17, 15) is 12.8 Å². The van der Waals surface area contributed by atoms with Crippen molar-refractivity contribution in [2.45, 2.75) is 25.2 Å². The van der Waals surface area contributed by atoms with Gasteiger partial charge < -0.3 is 9.26 Å². The van der Waals surface area contributed by atoms with E-state index in [4.69, 9.17) is 9.26 Å². The van der Waals surface area contributed by atoms with Crippen LogP contribution in [0.2, 0.25) is 0 Å². The number of methoxy groups -OCH3 is 1. The van der Waals surface area contributed by atoms with Gasteiger partial charge in [-0.15, -0.1) is 0 Å². The average molecular weight is 328 g/mol. The lowest BCUT2D eigenvalue weighted by atomic mass is 10.1. The standard InChI is InChI=1S/C14H17FN2O4S/c1-9-14(10(2)21-17-9)22(18,19)16-7-6-11-8-12(15)4-5-13(11)20-3/h4-5,8,16H,6-7H2,1-3H3. The minimum atomic E-state index is -3.72. The molecule has 0 spiro atoms. The van der Waals surface area contributed by atoms with Crippen molar-refractivity contribution in [1.82, 2.24) is 9.88 Å². The second kappa shape index (κ2) is 6.45. The topological polar surface area (TPSA) is 81.4 Å². The molecule has 8 heteroatoms. The molecule has 0 radical (unpaired) electrons. The Morgan fingerprint density at radius 2 is 2.09 bits per heavy atom. The van der Waals surface area contributed by atoms with Crippen molar-refractivity contribution in [1.29, 1.82) is 0 Å². The van der Waals surface area contributed by atoms with Crippen molar-refractivity contribution in [2.75, 3.05) is 13.7 Å². The summed E-state index contributed by atoms with van der Waals surface area (Å²) in [5.74, 6) is 0.343. The van der Waals surface area contributed by atoms with E-state index in [1.165, 1.54) is 32.2 Å². The molecule has 1 aromatic carbocycles. The van der Waals surface area contributed by atoms with Gasteiger partial charge in [0.1, 0.15) is 22.2 Å². The fourth-order valence-corrected chi connectivity index (χ4v) is 3.55. The van der Waals surface area contributed by atoms with Gasteiger partial charge in [-0.05, 0) is 44.0 Å². The Bertz CT molecular complexity index is 752. The van der Waals surface area contributed by atoms with Crippen LogP contribution in [0.3, 0.4) is 0 Å². The summed E-state index contributed by atoms with van der Waals surface area (Å²) in [7, 11) is -2.24. The summed E-state index contributed by atoms with van der Waals surface area (Å²) in [6.07, 6.45) is 0.295. The van der Waals surface area contributed by atoms with Crippen LogP contribution in [0.4, 0.5) is 4.39 Å². The first kappa shape index (κ1) is 16.4. The van der Waals surface area contributed by atoms with Gasteiger partial charge in [-0.2, -0.15) is 0 Å². The van der Waals surface area contributed by atoms with Crippen LogP contribution in [0, 0.1) is 19.7 Å². The molecule has 1 heterocycles. The lowest BCUT2D eigenvalue weighted by Crippen LogP contribution is -2.27. The molecule has 6 nitrogen and oxygen atoms in total. The van der Waals surface area contributed by atoms with Crippen LogP contribution in [-0.4, -0.2) is 27.2 Å². The molecule has 0 saturated carbocycles. The Morgan fingerprint density at radius 3 is 2.68 bits per heavy atom. The number of halogens is 1. The SMILES string of the molecule is COc1ccc(F)cc1CCNS(=O)(=O)c1c(C)noc1C. The highest BCUT2D eigenvalue weighted by Crippen LogP contribution is 2.21. The number of hydrogen-bond donors (Lipinski definition) is 1. The summed E-state index contributed by atoms with van der Waals surface area (Å²) >= 11 is 0. The number of rotatable bonds is 6. The van der Waals surface area contributed by atoms with Crippen LogP contribution < -0.4 is 9.46 Å². The summed E-state index contributed by atoms with van der Waals surface area (Å²) in [6, 6.07) is 4.12. The highest BCUT2D eigenvalue weighted by atomic mass is 32.2.